The molecule has 0 bridgehead atoms. The van der Waals surface area contributed by atoms with Crippen LogP contribution >= 0.6 is 0 Å². The number of phenolic OH excluding ortho intramolecular Hbond substituents is 2. The van der Waals surface area contributed by atoms with E-state index in [9.17, 15) is 10.2 Å². The summed E-state index contributed by atoms with van der Waals surface area (Å²) in [5.41, 5.74) is 0.694. The van der Waals surface area contributed by atoms with Crippen LogP contribution in [0.2, 0.25) is 0 Å². The number of rotatable bonds is 4. The van der Waals surface area contributed by atoms with Gasteiger partial charge in [-0.3, -0.25) is 0 Å². The third kappa shape index (κ3) is 3.53. The number of aromatic hydroxyl groups is 2. The van der Waals surface area contributed by atoms with Crippen LogP contribution < -0.4 is 5.32 Å². The molecular weight excluding hydrogens is 190 g/mol. The number of hydrogen-bond acceptors (Lipinski definition) is 3. The van der Waals surface area contributed by atoms with Crippen LogP contribution in [0, 0.1) is 11.8 Å². The molecule has 0 spiro atoms. The van der Waals surface area contributed by atoms with Gasteiger partial charge in [0.1, 0.15) is 0 Å². The zero-order valence-corrected chi connectivity index (χ0v) is 8.75. The van der Waals surface area contributed by atoms with Gasteiger partial charge in [0.2, 0.25) is 0 Å². The van der Waals surface area contributed by atoms with Gasteiger partial charge in [0.05, 0.1) is 0 Å². The summed E-state index contributed by atoms with van der Waals surface area (Å²) in [6.07, 6.45) is 0.788. The summed E-state index contributed by atoms with van der Waals surface area (Å²) in [6.45, 7) is 3.11. The summed E-state index contributed by atoms with van der Waals surface area (Å²) in [5.74, 6) is 5.61. The maximum Gasteiger partial charge on any atom is 0.161 e. The van der Waals surface area contributed by atoms with Gasteiger partial charge in [-0.25, -0.2) is 0 Å². The monoisotopic (exact) mass is 205 g/mol. The van der Waals surface area contributed by atoms with E-state index in [-0.39, 0.29) is 11.5 Å². The lowest BCUT2D eigenvalue weighted by molar-refractivity contribution is 0.398. The van der Waals surface area contributed by atoms with Crippen LogP contribution in [0.5, 0.6) is 11.5 Å². The van der Waals surface area contributed by atoms with E-state index in [1.165, 1.54) is 6.07 Å². The molecule has 1 aromatic rings. The molecule has 0 aliphatic heterocycles. The van der Waals surface area contributed by atoms with Gasteiger partial charge >= 0.3 is 0 Å². The first-order chi connectivity index (χ1) is 7.25. The van der Waals surface area contributed by atoms with Crippen molar-refractivity contribution in [3.63, 3.8) is 0 Å². The van der Waals surface area contributed by atoms with E-state index in [2.05, 4.69) is 17.2 Å². The number of para-hydroxylation sites is 1. The first kappa shape index (κ1) is 11.4. The molecule has 0 atom stereocenters. The molecule has 0 aliphatic rings. The van der Waals surface area contributed by atoms with Crippen molar-refractivity contribution in [2.75, 3.05) is 6.54 Å². The smallest absolute Gasteiger partial charge is 0.161 e. The average Bonchev–Trinajstić information content (AvgIpc) is 2.24. The van der Waals surface area contributed by atoms with Crippen LogP contribution in [0.1, 0.15) is 18.9 Å². The fraction of sp³-hybridized carbons (Fsp3) is 0.333. The van der Waals surface area contributed by atoms with Gasteiger partial charge in [0, 0.05) is 25.1 Å². The van der Waals surface area contributed by atoms with Gasteiger partial charge < -0.3 is 15.5 Å². The highest BCUT2D eigenvalue weighted by molar-refractivity contribution is 5.44. The SMILES string of the molecule is CC#CCCNCc1cccc(O)c1O. The van der Waals surface area contributed by atoms with Crippen molar-refractivity contribution in [1.29, 1.82) is 0 Å². The molecule has 0 saturated heterocycles. The Morgan fingerprint density at radius 3 is 2.87 bits per heavy atom. The second-order valence-electron chi connectivity index (χ2n) is 3.14. The van der Waals surface area contributed by atoms with Crippen LogP contribution in [-0.4, -0.2) is 16.8 Å². The summed E-state index contributed by atoms with van der Waals surface area (Å²) in [5, 5.41) is 21.9. The summed E-state index contributed by atoms with van der Waals surface area (Å²) >= 11 is 0. The highest BCUT2D eigenvalue weighted by Crippen LogP contribution is 2.27. The van der Waals surface area contributed by atoms with Crippen LogP contribution in [0.15, 0.2) is 18.2 Å². The zero-order valence-electron chi connectivity index (χ0n) is 8.75. The molecule has 0 radical (unpaired) electrons. The Morgan fingerprint density at radius 2 is 2.13 bits per heavy atom. The van der Waals surface area contributed by atoms with Crippen LogP contribution in [0.4, 0.5) is 0 Å². The van der Waals surface area contributed by atoms with E-state index >= 15 is 0 Å². The van der Waals surface area contributed by atoms with Crippen LogP contribution in [0.25, 0.3) is 0 Å². The van der Waals surface area contributed by atoms with Crippen molar-refractivity contribution < 1.29 is 10.2 Å². The topological polar surface area (TPSA) is 52.5 Å². The second kappa shape index (κ2) is 5.94. The predicted octanol–water partition coefficient (Wildman–Crippen LogP) is 1.60. The minimum absolute atomic E-state index is 0.0495. The van der Waals surface area contributed by atoms with E-state index in [1.807, 2.05) is 0 Å². The second-order valence-corrected chi connectivity index (χ2v) is 3.14. The van der Waals surface area contributed by atoms with E-state index in [0.717, 1.165) is 13.0 Å². The van der Waals surface area contributed by atoms with Crippen molar-refractivity contribution in [3.05, 3.63) is 23.8 Å². The standard InChI is InChI=1S/C12H15NO2/c1-2-3-4-8-13-9-10-6-5-7-11(14)12(10)15/h5-7,13-15H,4,8-9H2,1H3. The van der Waals surface area contributed by atoms with Crippen molar-refractivity contribution in [3.8, 4) is 23.3 Å². The lowest BCUT2D eigenvalue weighted by atomic mass is 10.2. The number of benzene rings is 1. The summed E-state index contributed by atoms with van der Waals surface area (Å²) in [4.78, 5) is 0. The molecule has 80 valence electrons. The van der Waals surface area contributed by atoms with Gasteiger partial charge in [0.15, 0.2) is 11.5 Å². The minimum Gasteiger partial charge on any atom is -0.504 e. The van der Waals surface area contributed by atoms with Gasteiger partial charge in [-0.05, 0) is 13.0 Å². The molecule has 0 unspecified atom stereocenters. The van der Waals surface area contributed by atoms with Gasteiger partial charge in [0.25, 0.3) is 0 Å². The molecule has 0 saturated carbocycles. The van der Waals surface area contributed by atoms with E-state index < -0.39 is 0 Å². The number of hydrogen-bond donors (Lipinski definition) is 3. The summed E-state index contributed by atoms with van der Waals surface area (Å²) in [7, 11) is 0. The lowest BCUT2D eigenvalue weighted by Gasteiger charge is -2.06. The van der Waals surface area contributed by atoms with Crippen molar-refractivity contribution in [2.45, 2.75) is 19.9 Å². The molecule has 0 amide bonds. The Kier molecular flexibility index (Phi) is 4.52. The third-order valence-electron chi connectivity index (χ3n) is 2.02. The quantitative estimate of drug-likeness (QED) is 0.397. The van der Waals surface area contributed by atoms with Gasteiger partial charge in [-0.15, -0.1) is 11.8 Å². The molecule has 0 aromatic heterocycles. The molecule has 3 nitrogen and oxygen atoms in total. The van der Waals surface area contributed by atoms with Gasteiger partial charge in [-0.2, -0.15) is 0 Å². The van der Waals surface area contributed by atoms with Crippen molar-refractivity contribution in [1.82, 2.24) is 5.32 Å². The molecule has 3 heteroatoms. The fourth-order valence-electron chi connectivity index (χ4n) is 1.22. The number of phenols is 2. The average molecular weight is 205 g/mol. The predicted molar refractivity (Wildman–Crippen MR) is 59.5 cm³/mol. The van der Waals surface area contributed by atoms with Crippen molar-refractivity contribution >= 4 is 0 Å². The maximum atomic E-state index is 9.48. The fourth-order valence-corrected chi connectivity index (χ4v) is 1.22. The Morgan fingerprint density at radius 1 is 1.33 bits per heavy atom. The normalized spacial score (nSPS) is 9.40. The third-order valence-corrected chi connectivity index (χ3v) is 2.02. The molecular formula is C12H15NO2. The lowest BCUT2D eigenvalue weighted by Crippen LogP contribution is -2.14. The van der Waals surface area contributed by atoms with E-state index in [1.54, 1.807) is 19.1 Å². The van der Waals surface area contributed by atoms with E-state index in [4.69, 9.17) is 0 Å². The molecule has 15 heavy (non-hydrogen) atoms. The largest absolute Gasteiger partial charge is 0.504 e. The first-order valence-corrected chi connectivity index (χ1v) is 4.86. The first-order valence-electron chi connectivity index (χ1n) is 4.86. The molecule has 0 aliphatic carbocycles. The maximum absolute atomic E-state index is 9.48. The molecule has 3 N–H and O–H groups in total. The van der Waals surface area contributed by atoms with E-state index in [0.29, 0.717) is 12.1 Å². The Hall–Kier alpha value is -1.66. The minimum atomic E-state index is -0.0809. The van der Waals surface area contributed by atoms with Crippen LogP contribution in [-0.2, 0) is 6.54 Å². The highest BCUT2D eigenvalue weighted by atomic mass is 16.3. The zero-order chi connectivity index (χ0) is 11.1. The van der Waals surface area contributed by atoms with Crippen LogP contribution in [0.3, 0.4) is 0 Å². The molecule has 0 fully saturated rings. The summed E-state index contributed by atoms with van der Waals surface area (Å²) in [6, 6.07) is 4.94. The summed E-state index contributed by atoms with van der Waals surface area (Å²) < 4.78 is 0. The number of nitrogens with one attached hydrogen (secondary N) is 1. The Bertz CT molecular complexity index is 377. The molecule has 1 aromatic carbocycles. The Balaban J connectivity index is 2.43. The Labute approximate surface area is 89.8 Å². The molecule has 0 heterocycles. The highest BCUT2D eigenvalue weighted by Gasteiger charge is 2.03. The van der Waals surface area contributed by atoms with Gasteiger partial charge in [-0.1, -0.05) is 12.1 Å². The van der Waals surface area contributed by atoms with Crippen molar-refractivity contribution in [2.24, 2.45) is 0 Å². The molecule has 1 rings (SSSR count).